The molecule has 0 atom stereocenters. The van der Waals surface area contributed by atoms with Crippen LogP contribution in [0.1, 0.15) is 55.7 Å². The van der Waals surface area contributed by atoms with Gasteiger partial charge in [0.1, 0.15) is 28.3 Å². The van der Waals surface area contributed by atoms with Gasteiger partial charge in [-0.2, -0.15) is 0 Å². The van der Waals surface area contributed by atoms with Crippen molar-refractivity contribution in [3.05, 3.63) is 106 Å². The third-order valence-corrected chi connectivity index (χ3v) is 7.04. The van der Waals surface area contributed by atoms with Crippen molar-refractivity contribution < 1.29 is 17.6 Å². The summed E-state index contributed by atoms with van der Waals surface area (Å²) in [5.41, 5.74) is 3.02. The van der Waals surface area contributed by atoms with Crippen molar-refractivity contribution in [2.75, 3.05) is 0 Å². The molecule has 0 spiro atoms. The van der Waals surface area contributed by atoms with Crippen LogP contribution < -0.4 is 0 Å². The van der Waals surface area contributed by atoms with Crippen molar-refractivity contribution in [1.29, 1.82) is 0 Å². The molecule has 0 radical (unpaired) electrons. The van der Waals surface area contributed by atoms with E-state index in [0.29, 0.717) is 33.0 Å². The minimum absolute atomic E-state index is 0.266. The van der Waals surface area contributed by atoms with Crippen molar-refractivity contribution in [2.24, 2.45) is 0 Å². The van der Waals surface area contributed by atoms with Gasteiger partial charge in [0, 0.05) is 10.9 Å². The molecule has 0 aliphatic rings. The Kier molecular flexibility index (Phi) is 8.68. The molecule has 0 unspecified atom stereocenters. The molecule has 0 saturated heterocycles. The van der Waals surface area contributed by atoms with E-state index >= 15 is 4.39 Å². The van der Waals surface area contributed by atoms with Gasteiger partial charge in [-0.3, -0.25) is 0 Å². The number of benzene rings is 4. The first kappa shape index (κ1) is 26.2. The second-order valence-corrected chi connectivity index (χ2v) is 9.70. The van der Waals surface area contributed by atoms with Gasteiger partial charge in [0.05, 0.1) is 0 Å². The Morgan fingerprint density at radius 2 is 1.36 bits per heavy atom. The number of rotatable bonds is 10. The topological polar surface area (TPSA) is 0 Å². The maximum atomic E-state index is 15.2. The van der Waals surface area contributed by atoms with Crippen molar-refractivity contribution >= 4 is 22.4 Å². The second kappa shape index (κ2) is 11.9. The minimum atomic E-state index is -0.828. The van der Waals surface area contributed by atoms with E-state index in [1.165, 1.54) is 31.4 Å². The number of hydrogen-bond donors (Lipinski definition) is 0. The molecular weight excluding hydrogens is 484 g/mol. The third kappa shape index (κ3) is 6.10. The molecule has 0 aromatic heterocycles. The van der Waals surface area contributed by atoms with E-state index in [2.05, 4.69) is 6.92 Å². The summed E-state index contributed by atoms with van der Waals surface area (Å²) in [5.74, 6) is -2.32. The molecule has 0 amide bonds. The predicted molar refractivity (Wildman–Crippen MR) is 141 cm³/mol. The Morgan fingerprint density at radius 1 is 0.639 bits per heavy atom. The lowest BCUT2D eigenvalue weighted by Gasteiger charge is -2.11. The Labute approximate surface area is 214 Å². The minimum Gasteiger partial charge on any atom is -0.206 e. The molecule has 36 heavy (non-hydrogen) atoms. The summed E-state index contributed by atoms with van der Waals surface area (Å²) in [6, 6.07) is 16.3. The molecule has 0 saturated carbocycles. The Morgan fingerprint density at radius 3 is 2.08 bits per heavy atom. The SMILES string of the molecule is CCCCCCCc1ccc(-c2ccc3c(F)c(CCc4cc(F)c(Cl)c(F)c4)ccc3c2)c(F)c1. The third-order valence-electron chi connectivity index (χ3n) is 6.67. The Bertz CT molecular complexity index is 1340. The maximum Gasteiger partial charge on any atom is 0.145 e. The smallest absolute Gasteiger partial charge is 0.145 e. The van der Waals surface area contributed by atoms with Gasteiger partial charge in [-0.25, -0.2) is 17.6 Å². The summed E-state index contributed by atoms with van der Waals surface area (Å²) in [6.07, 6.45) is 7.26. The standard InChI is InChI=1S/C31H29ClF4/c1-2-3-4-5-6-7-20-9-14-25(27(33)16-20)23-13-15-26-24(19-23)12-11-22(31(26)36)10-8-21-17-28(34)30(32)29(35)18-21/h9,11-19H,2-8,10H2,1H3. The van der Waals surface area contributed by atoms with Crippen LogP contribution in [0, 0.1) is 23.3 Å². The summed E-state index contributed by atoms with van der Waals surface area (Å²) >= 11 is 5.53. The van der Waals surface area contributed by atoms with Gasteiger partial charge >= 0.3 is 0 Å². The zero-order valence-electron chi connectivity index (χ0n) is 20.3. The quantitative estimate of drug-likeness (QED) is 0.113. The van der Waals surface area contributed by atoms with Crippen LogP contribution in [0.3, 0.4) is 0 Å². The first-order chi connectivity index (χ1) is 17.4. The molecule has 0 nitrogen and oxygen atoms in total. The largest absolute Gasteiger partial charge is 0.206 e. The highest BCUT2D eigenvalue weighted by Crippen LogP contribution is 2.30. The van der Waals surface area contributed by atoms with Crippen LogP contribution >= 0.6 is 11.6 Å². The van der Waals surface area contributed by atoms with Crippen LogP contribution in [-0.2, 0) is 19.3 Å². The molecule has 0 heterocycles. The lowest BCUT2D eigenvalue weighted by molar-refractivity contribution is 0.579. The summed E-state index contributed by atoms with van der Waals surface area (Å²) in [6.45, 7) is 2.18. The van der Waals surface area contributed by atoms with Gasteiger partial charge < -0.3 is 0 Å². The van der Waals surface area contributed by atoms with Crippen LogP contribution in [0.4, 0.5) is 17.6 Å². The normalized spacial score (nSPS) is 11.4. The lowest BCUT2D eigenvalue weighted by Crippen LogP contribution is -1.98. The zero-order valence-corrected chi connectivity index (χ0v) is 21.1. The summed E-state index contributed by atoms with van der Waals surface area (Å²) < 4.78 is 57.5. The van der Waals surface area contributed by atoms with E-state index in [0.717, 1.165) is 24.8 Å². The fourth-order valence-corrected chi connectivity index (χ4v) is 4.72. The summed E-state index contributed by atoms with van der Waals surface area (Å²) in [7, 11) is 0. The Balaban J connectivity index is 1.49. The number of unbranched alkanes of at least 4 members (excludes halogenated alkanes) is 4. The molecule has 4 aromatic rings. The number of aryl methyl sites for hydroxylation is 3. The molecular formula is C31H29ClF4. The molecule has 0 aliphatic carbocycles. The van der Waals surface area contributed by atoms with E-state index in [1.54, 1.807) is 42.5 Å². The van der Waals surface area contributed by atoms with Gasteiger partial charge in [0.15, 0.2) is 0 Å². The van der Waals surface area contributed by atoms with Gasteiger partial charge in [-0.05, 0) is 77.6 Å². The molecule has 4 aromatic carbocycles. The van der Waals surface area contributed by atoms with Crippen molar-refractivity contribution in [1.82, 2.24) is 0 Å². The van der Waals surface area contributed by atoms with E-state index < -0.39 is 16.7 Å². The van der Waals surface area contributed by atoms with Crippen LogP contribution in [0.25, 0.3) is 21.9 Å². The van der Waals surface area contributed by atoms with Gasteiger partial charge in [0.2, 0.25) is 0 Å². The molecule has 4 rings (SSSR count). The molecule has 188 valence electrons. The van der Waals surface area contributed by atoms with E-state index in [-0.39, 0.29) is 24.5 Å². The zero-order chi connectivity index (χ0) is 25.7. The highest BCUT2D eigenvalue weighted by molar-refractivity contribution is 6.30. The molecule has 0 aliphatic heterocycles. The summed E-state index contributed by atoms with van der Waals surface area (Å²) in [4.78, 5) is 0. The Hall–Kier alpha value is -2.85. The van der Waals surface area contributed by atoms with Crippen LogP contribution in [0.15, 0.2) is 60.7 Å². The van der Waals surface area contributed by atoms with Crippen molar-refractivity contribution in [3.8, 4) is 11.1 Å². The predicted octanol–water partition coefficient (Wildman–Crippen LogP) is 10.0. The van der Waals surface area contributed by atoms with Gasteiger partial charge in [-0.1, -0.05) is 80.6 Å². The first-order valence-electron chi connectivity index (χ1n) is 12.5. The van der Waals surface area contributed by atoms with E-state index in [1.807, 2.05) is 6.07 Å². The summed E-state index contributed by atoms with van der Waals surface area (Å²) in [5, 5.41) is 0.547. The fraction of sp³-hybridized carbons (Fsp3) is 0.290. The average Bonchev–Trinajstić information content (AvgIpc) is 2.86. The molecule has 0 fully saturated rings. The average molecular weight is 513 g/mol. The van der Waals surface area contributed by atoms with Gasteiger partial charge in [-0.15, -0.1) is 0 Å². The van der Waals surface area contributed by atoms with Crippen molar-refractivity contribution in [2.45, 2.75) is 58.3 Å². The molecule has 0 bridgehead atoms. The van der Waals surface area contributed by atoms with Crippen LogP contribution in [0.2, 0.25) is 5.02 Å². The number of hydrogen-bond acceptors (Lipinski definition) is 0. The number of halogens is 5. The first-order valence-corrected chi connectivity index (χ1v) is 12.9. The van der Waals surface area contributed by atoms with Crippen LogP contribution in [-0.4, -0.2) is 0 Å². The van der Waals surface area contributed by atoms with Gasteiger partial charge in [0.25, 0.3) is 0 Å². The lowest BCUT2D eigenvalue weighted by atomic mass is 9.96. The highest BCUT2D eigenvalue weighted by Gasteiger charge is 2.13. The second-order valence-electron chi connectivity index (χ2n) is 9.33. The van der Waals surface area contributed by atoms with E-state index in [4.69, 9.17) is 11.6 Å². The van der Waals surface area contributed by atoms with Crippen molar-refractivity contribution in [3.63, 3.8) is 0 Å². The monoisotopic (exact) mass is 512 g/mol. The number of fused-ring (bicyclic) bond motifs is 1. The molecule has 5 heteroatoms. The molecule has 0 N–H and O–H groups in total. The van der Waals surface area contributed by atoms with Crippen LogP contribution in [0.5, 0.6) is 0 Å². The highest BCUT2D eigenvalue weighted by atomic mass is 35.5. The van der Waals surface area contributed by atoms with E-state index in [9.17, 15) is 13.2 Å². The fourth-order valence-electron chi connectivity index (χ4n) is 4.61. The maximum absolute atomic E-state index is 15.2.